The second-order valence-electron chi connectivity index (χ2n) is 4.01. The lowest BCUT2D eigenvalue weighted by Crippen LogP contribution is -2.35. The smallest absolute Gasteiger partial charge is 0.0867 e. The molecule has 0 amide bonds. The Balaban J connectivity index is 2.17. The second-order valence-corrected chi connectivity index (χ2v) is 4.01. The Morgan fingerprint density at radius 1 is 1.00 bits per heavy atom. The van der Waals surface area contributed by atoms with E-state index in [2.05, 4.69) is 0 Å². The Kier molecular flexibility index (Phi) is 2.85. The summed E-state index contributed by atoms with van der Waals surface area (Å²) in [5.41, 5.74) is 1.14. The van der Waals surface area contributed by atoms with Gasteiger partial charge in [0.1, 0.15) is 0 Å². The molecule has 1 saturated carbocycles. The van der Waals surface area contributed by atoms with Gasteiger partial charge in [0.2, 0.25) is 0 Å². The predicted molar refractivity (Wildman–Crippen MR) is 55.0 cm³/mol. The molecule has 3 atom stereocenters. The third-order valence-corrected chi connectivity index (χ3v) is 3.05. The van der Waals surface area contributed by atoms with E-state index in [1.165, 1.54) is 0 Å². The van der Waals surface area contributed by atoms with Crippen LogP contribution in [0.4, 0.5) is 0 Å². The fourth-order valence-electron chi connectivity index (χ4n) is 2.22. The monoisotopic (exact) mass is 192 g/mol. The van der Waals surface area contributed by atoms with Gasteiger partial charge in [0, 0.05) is 5.92 Å². The average Bonchev–Trinajstić information content (AvgIpc) is 2.23. The lowest BCUT2D eigenvalue weighted by atomic mass is 9.80. The predicted octanol–water partition coefficient (Wildman–Crippen LogP) is 1.68. The van der Waals surface area contributed by atoms with Crippen LogP contribution in [0.25, 0.3) is 0 Å². The van der Waals surface area contributed by atoms with Gasteiger partial charge in [0.15, 0.2) is 0 Å². The van der Waals surface area contributed by atoms with Gasteiger partial charge in [0.25, 0.3) is 0 Å². The van der Waals surface area contributed by atoms with E-state index in [1.54, 1.807) is 0 Å². The first-order valence-electron chi connectivity index (χ1n) is 5.20. The van der Waals surface area contributed by atoms with Gasteiger partial charge in [-0.15, -0.1) is 0 Å². The minimum atomic E-state index is -0.592. The number of hydrogen-bond acceptors (Lipinski definition) is 2. The molecule has 0 spiro atoms. The van der Waals surface area contributed by atoms with Crippen molar-refractivity contribution in [1.29, 1.82) is 0 Å². The van der Waals surface area contributed by atoms with E-state index >= 15 is 0 Å². The van der Waals surface area contributed by atoms with Crippen molar-refractivity contribution in [3.8, 4) is 0 Å². The van der Waals surface area contributed by atoms with Crippen LogP contribution >= 0.6 is 0 Å². The molecule has 2 heteroatoms. The summed E-state index contributed by atoms with van der Waals surface area (Å²) >= 11 is 0. The molecule has 14 heavy (non-hydrogen) atoms. The molecule has 1 aromatic carbocycles. The van der Waals surface area contributed by atoms with Crippen molar-refractivity contribution in [2.75, 3.05) is 0 Å². The number of rotatable bonds is 1. The molecular weight excluding hydrogens is 176 g/mol. The molecule has 0 aromatic heterocycles. The number of aliphatic hydroxyl groups is 2. The first-order valence-corrected chi connectivity index (χ1v) is 5.20. The molecule has 1 unspecified atom stereocenters. The average molecular weight is 192 g/mol. The molecule has 0 bridgehead atoms. The molecule has 1 aromatic rings. The first kappa shape index (κ1) is 9.69. The summed E-state index contributed by atoms with van der Waals surface area (Å²) in [6.07, 6.45) is 1.56. The highest BCUT2D eigenvalue weighted by Gasteiger charge is 2.31. The van der Waals surface area contributed by atoms with Crippen LogP contribution in [0.1, 0.15) is 30.7 Å². The molecule has 0 heterocycles. The molecule has 1 aliphatic rings. The maximum atomic E-state index is 9.84. The van der Waals surface area contributed by atoms with Gasteiger partial charge >= 0.3 is 0 Å². The SMILES string of the molecule is O[C@@H]1C(c2ccccc2)CCC[C@@H]1O. The molecular formula is C12H16O2. The molecule has 2 N–H and O–H groups in total. The van der Waals surface area contributed by atoms with E-state index in [4.69, 9.17) is 0 Å². The molecule has 1 fully saturated rings. The number of hydrogen-bond donors (Lipinski definition) is 2. The Hall–Kier alpha value is -0.860. The van der Waals surface area contributed by atoms with Crippen molar-refractivity contribution < 1.29 is 10.2 Å². The van der Waals surface area contributed by atoms with Gasteiger partial charge in [0.05, 0.1) is 12.2 Å². The molecule has 1 aliphatic carbocycles. The molecule has 0 radical (unpaired) electrons. The molecule has 2 nitrogen and oxygen atoms in total. The van der Waals surface area contributed by atoms with Crippen molar-refractivity contribution in [3.05, 3.63) is 35.9 Å². The lowest BCUT2D eigenvalue weighted by molar-refractivity contribution is -0.0227. The highest BCUT2D eigenvalue weighted by Crippen LogP contribution is 2.32. The van der Waals surface area contributed by atoms with Crippen LogP contribution in [-0.4, -0.2) is 22.4 Å². The van der Waals surface area contributed by atoms with Crippen LogP contribution in [0.2, 0.25) is 0 Å². The summed E-state index contributed by atoms with van der Waals surface area (Å²) in [5, 5.41) is 19.4. The Bertz CT molecular complexity index is 284. The Morgan fingerprint density at radius 3 is 2.43 bits per heavy atom. The van der Waals surface area contributed by atoms with E-state index in [1.807, 2.05) is 30.3 Å². The van der Waals surface area contributed by atoms with Crippen molar-refractivity contribution in [2.24, 2.45) is 0 Å². The van der Waals surface area contributed by atoms with Crippen LogP contribution in [0, 0.1) is 0 Å². The first-order chi connectivity index (χ1) is 6.79. The van der Waals surface area contributed by atoms with E-state index in [9.17, 15) is 10.2 Å². The summed E-state index contributed by atoms with van der Waals surface area (Å²) < 4.78 is 0. The molecule has 0 saturated heterocycles. The van der Waals surface area contributed by atoms with E-state index in [0.717, 1.165) is 24.8 Å². The minimum Gasteiger partial charge on any atom is -0.390 e. The zero-order valence-electron chi connectivity index (χ0n) is 8.13. The Morgan fingerprint density at radius 2 is 1.71 bits per heavy atom. The highest BCUT2D eigenvalue weighted by atomic mass is 16.3. The van der Waals surface area contributed by atoms with Crippen molar-refractivity contribution >= 4 is 0 Å². The summed E-state index contributed by atoms with van der Waals surface area (Å²) in [6.45, 7) is 0. The molecule has 76 valence electrons. The van der Waals surface area contributed by atoms with Crippen LogP contribution in [0.15, 0.2) is 30.3 Å². The van der Waals surface area contributed by atoms with Crippen LogP contribution < -0.4 is 0 Å². The summed E-state index contributed by atoms with van der Waals surface area (Å²) in [5.74, 6) is 0.111. The number of aliphatic hydroxyl groups excluding tert-OH is 2. The zero-order valence-corrected chi connectivity index (χ0v) is 8.13. The maximum Gasteiger partial charge on any atom is 0.0867 e. The van der Waals surface area contributed by atoms with Crippen molar-refractivity contribution in [1.82, 2.24) is 0 Å². The second kappa shape index (κ2) is 4.11. The number of benzene rings is 1. The van der Waals surface area contributed by atoms with Gasteiger partial charge < -0.3 is 10.2 Å². The molecule has 0 aliphatic heterocycles. The van der Waals surface area contributed by atoms with Crippen LogP contribution in [0.3, 0.4) is 0 Å². The largest absolute Gasteiger partial charge is 0.390 e. The topological polar surface area (TPSA) is 40.5 Å². The fourth-order valence-corrected chi connectivity index (χ4v) is 2.22. The summed E-state index contributed by atoms with van der Waals surface area (Å²) in [7, 11) is 0. The lowest BCUT2D eigenvalue weighted by Gasteiger charge is -2.32. The third-order valence-electron chi connectivity index (χ3n) is 3.05. The van der Waals surface area contributed by atoms with E-state index in [-0.39, 0.29) is 5.92 Å². The Labute approximate surface area is 84.2 Å². The van der Waals surface area contributed by atoms with Crippen LogP contribution in [0.5, 0.6) is 0 Å². The van der Waals surface area contributed by atoms with Crippen LogP contribution in [-0.2, 0) is 0 Å². The van der Waals surface area contributed by atoms with Gasteiger partial charge in [-0.3, -0.25) is 0 Å². The third kappa shape index (κ3) is 1.81. The van der Waals surface area contributed by atoms with E-state index in [0.29, 0.717) is 0 Å². The zero-order chi connectivity index (χ0) is 9.97. The van der Waals surface area contributed by atoms with Gasteiger partial charge in [-0.05, 0) is 18.4 Å². The van der Waals surface area contributed by atoms with Gasteiger partial charge in [-0.25, -0.2) is 0 Å². The van der Waals surface area contributed by atoms with Gasteiger partial charge in [-0.2, -0.15) is 0 Å². The molecule has 2 rings (SSSR count). The minimum absolute atomic E-state index is 0.111. The fraction of sp³-hybridized carbons (Fsp3) is 0.500. The normalized spacial score (nSPS) is 32.9. The van der Waals surface area contributed by atoms with Crippen molar-refractivity contribution in [2.45, 2.75) is 37.4 Å². The standard InChI is InChI=1S/C12H16O2/c13-11-8-4-7-10(12(11)14)9-5-2-1-3-6-9/h1-3,5-6,10-14H,4,7-8H2/t10?,11-,12+/m0/s1. The summed E-state index contributed by atoms with van der Waals surface area (Å²) in [6, 6.07) is 9.96. The van der Waals surface area contributed by atoms with Gasteiger partial charge in [-0.1, -0.05) is 36.8 Å². The van der Waals surface area contributed by atoms with E-state index < -0.39 is 12.2 Å². The quantitative estimate of drug-likeness (QED) is 0.710. The summed E-state index contributed by atoms with van der Waals surface area (Å²) in [4.78, 5) is 0. The highest BCUT2D eigenvalue weighted by molar-refractivity contribution is 5.21. The maximum absolute atomic E-state index is 9.84. The van der Waals surface area contributed by atoms with Crippen molar-refractivity contribution in [3.63, 3.8) is 0 Å².